The Morgan fingerprint density at radius 1 is 1.19 bits per heavy atom. The highest BCUT2D eigenvalue weighted by atomic mass is 32.2. The average molecular weight is 306 g/mol. The zero-order chi connectivity index (χ0) is 15.5. The van der Waals surface area contributed by atoms with Crippen molar-refractivity contribution in [2.75, 3.05) is 17.6 Å². The summed E-state index contributed by atoms with van der Waals surface area (Å²) in [6.45, 7) is 2.15. The highest BCUT2D eigenvalue weighted by Crippen LogP contribution is 2.22. The summed E-state index contributed by atoms with van der Waals surface area (Å²) in [7, 11) is -2.08. The van der Waals surface area contributed by atoms with Crippen LogP contribution in [0.4, 0.5) is 11.4 Å². The standard InChI is InChI=1S/C15H18N2O3S/c1-11-6-7-13(16)9-15(11)21(18,19)17-14-5-3-4-12(8-14)10-20-2/h3-9,17H,10,16H2,1-2H3. The smallest absolute Gasteiger partial charge is 0.262 e. The molecule has 3 N–H and O–H groups in total. The predicted octanol–water partition coefficient (Wildman–Crippen LogP) is 2.52. The van der Waals surface area contributed by atoms with E-state index in [9.17, 15) is 8.42 Å². The first kappa shape index (κ1) is 15.3. The molecular weight excluding hydrogens is 288 g/mol. The number of nitrogens with one attached hydrogen (secondary N) is 1. The van der Waals surface area contributed by atoms with Gasteiger partial charge in [-0.25, -0.2) is 8.42 Å². The lowest BCUT2D eigenvalue weighted by molar-refractivity contribution is 0.185. The second-order valence-electron chi connectivity index (χ2n) is 4.76. The summed E-state index contributed by atoms with van der Waals surface area (Å²) in [4.78, 5) is 0.180. The van der Waals surface area contributed by atoms with Gasteiger partial charge in [-0.2, -0.15) is 0 Å². The second kappa shape index (κ2) is 6.15. The fourth-order valence-corrected chi connectivity index (χ4v) is 3.34. The lowest BCUT2D eigenvalue weighted by Crippen LogP contribution is -2.14. The summed E-state index contributed by atoms with van der Waals surface area (Å²) >= 11 is 0. The molecule has 5 nitrogen and oxygen atoms in total. The Bertz CT molecular complexity index is 742. The molecule has 0 amide bonds. The van der Waals surface area contributed by atoms with Crippen LogP contribution in [-0.4, -0.2) is 15.5 Å². The van der Waals surface area contributed by atoms with Crippen LogP contribution in [0.3, 0.4) is 0 Å². The van der Waals surface area contributed by atoms with Gasteiger partial charge in [0.25, 0.3) is 10.0 Å². The molecule has 0 aliphatic rings. The molecule has 0 saturated carbocycles. The number of nitrogen functional groups attached to an aromatic ring is 1. The van der Waals surface area contributed by atoms with Crippen LogP contribution in [0.25, 0.3) is 0 Å². The number of anilines is 2. The van der Waals surface area contributed by atoms with Crippen molar-refractivity contribution in [3.05, 3.63) is 53.6 Å². The molecule has 0 unspecified atom stereocenters. The maximum atomic E-state index is 12.4. The van der Waals surface area contributed by atoms with E-state index >= 15 is 0 Å². The zero-order valence-electron chi connectivity index (χ0n) is 12.0. The topological polar surface area (TPSA) is 81.4 Å². The van der Waals surface area contributed by atoms with Gasteiger partial charge in [0.2, 0.25) is 0 Å². The molecular formula is C15H18N2O3S. The monoisotopic (exact) mass is 306 g/mol. The first-order valence-corrected chi connectivity index (χ1v) is 7.87. The Kier molecular flexibility index (Phi) is 4.50. The molecule has 0 fully saturated rings. The van der Waals surface area contributed by atoms with Crippen LogP contribution in [0.2, 0.25) is 0 Å². The maximum Gasteiger partial charge on any atom is 0.262 e. The Labute approximate surface area is 124 Å². The Morgan fingerprint density at radius 3 is 2.67 bits per heavy atom. The van der Waals surface area contributed by atoms with Crippen LogP contribution in [0.15, 0.2) is 47.4 Å². The third kappa shape index (κ3) is 3.74. The van der Waals surface area contributed by atoms with E-state index in [1.807, 2.05) is 6.07 Å². The van der Waals surface area contributed by atoms with Crippen molar-refractivity contribution in [1.29, 1.82) is 0 Å². The summed E-state index contributed by atoms with van der Waals surface area (Å²) in [5, 5.41) is 0. The number of aryl methyl sites for hydroxylation is 1. The van der Waals surface area contributed by atoms with E-state index in [0.717, 1.165) is 5.56 Å². The minimum absolute atomic E-state index is 0.180. The number of hydrogen-bond donors (Lipinski definition) is 2. The fraction of sp³-hybridized carbons (Fsp3) is 0.200. The molecule has 0 aliphatic carbocycles. The van der Waals surface area contributed by atoms with Crippen molar-refractivity contribution in [3.63, 3.8) is 0 Å². The number of ether oxygens (including phenoxy) is 1. The van der Waals surface area contributed by atoms with Gasteiger partial charge in [-0.3, -0.25) is 4.72 Å². The van der Waals surface area contributed by atoms with E-state index in [1.165, 1.54) is 6.07 Å². The number of nitrogens with two attached hydrogens (primary N) is 1. The predicted molar refractivity (Wildman–Crippen MR) is 83.6 cm³/mol. The Hall–Kier alpha value is -2.05. The number of hydrogen-bond acceptors (Lipinski definition) is 4. The molecule has 0 aromatic heterocycles. The van der Waals surface area contributed by atoms with Gasteiger partial charge in [0.1, 0.15) is 0 Å². The molecule has 2 aromatic rings. The van der Waals surface area contributed by atoms with Gasteiger partial charge in [-0.15, -0.1) is 0 Å². The second-order valence-corrected chi connectivity index (χ2v) is 6.41. The van der Waals surface area contributed by atoms with Crippen molar-refractivity contribution < 1.29 is 13.2 Å². The Morgan fingerprint density at radius 2 is 1.95 bits per heavy atom. The minimum Gasteiger partial charge on any atom is -0.399 e. The van der Waals surface area contributed by atoms with Crippen molar-refractivity contribution in [2.24, 2.45) is 0 Å². The number of benzene rings is 2. The molecule has 2 rings (SSSR count). The average Bonchev–Trinajstić information content (AvgIpc) is 2.42. The van der Waals surface area contributed by atoms with Gasteiger partial charge in [0.05, 0.1) is 11.5 Å². The molecule has 0 saturated heterocycles. The van der Waals surface area contributed by atoms with E-state index in [1.54, 1.807) is 44.4 Å². The first-order valence-electron chi connectivity index (χ1n) is 6.39. The van der Waals surface area contributed by atoms with Crippen molar-refractivity contribution in [3.8, 4) is 0 Å². The lowest BCUT2D eigenvalue weighted by atomic mass is 10.2. The van der Waals surface area contributed by atoms with Gasteiger partial charge in [0.15, 0.2) is 0 Å². The van der Waals surface area contributed by atoms with E-state index < -0.39 is 10.0 Å². The molecule has 6 heteroatoms. The SMILES string of the molecule is COCc1cccc(NS(=O)(=O)c2cc(N)ccc2C)c1. The third-order valence-electron chi connectivity index (χ3n) is 2.99. The highest BCUT2D eigenvalue weighted by Gasteiger charge is 2.17. The third-order valence-corrected chi connectivity index (χ3v) is 4.52. The molecule has 0 spiro atoms. The number of sulfonamides is 1. The van der Waals surface area contributed by atoms with E-state index in [2.05, 4.69) is 4.72 Å². The van der Waals surface area contributed by atoms with Crippen LogP contribution < -0.4 is 10.5 Å². The Balaban J connectivity index is 2.33. The van der Waals surface area contributed by atoms with Crippen LogP contribution in [0.5, 0.6) is 0 Å². The summed E-state index contributed by atoms with van der Waals surface area (Å²) < 4.78 is 32.5. The molecule has 0 atom stereocenters. The minimum atomic E-state index is -3.67. The van der Waals surface area contributed by atoms with Gasteiger partial charge in [0, 0.05) is 18.5 Å². The van der Waals surface area contributed by atoms with E-state index in [0.29, 0.717) is 23.5 Å². The molecule has 2 aromatic carbocycles. The van der Waals surface area contributed by atoms with Crippen molar-refractivity contribution >= 4 is 21.4 Å². The summed E-state index contributed by atoms with van der Waals surface area (Å²) in [5.74, 6) is 0. The van der Waals surface area contributed by atoms with E-state index in [4.69, 9.17) is 10.5 Å². The van der Waals surface area contributed by atoms with Crippen LogP contribution in [0.1, 0.15) is 11.1 Å². The fourth-order valence-electron chi connectivity index (χ4n) is 2.01. The first-order chi connectivity index (χ1) is 9.92. The zero-order valence-corrected chi connectivity index (χ0v) is 12.8. The molecule has 0 bridgehead atoms. The van der Waals surface area contributed by atoms with E-state index in [-0.39, 0.29) is 4.90 Å². The van der Waals surface area contributed by atoms with Crippen molar-refractivity contribution in [1.82, 2.24) is 0 Å². The van der Waals surface area contributed by atoms with Gasteiger partial charge >= 0.3 is 0 Å². The lowest BCUT2D eigenvalue weighted by Gasteiger charge is -2.12. The van der Waals surface area contributed by atoms with Crippen LogP contribution in [0, 0.1) is 6.92 Å². The van der Waals surface area contributed by atoms with Gasteiger partial charge < -0.3 is 10.5 Å². The molecule has 112 valence electrons. The van der Waals surface area contributed by atoms with Gasteiger partial charge in [-0.05, 0) is 42.3 Å². The normalized spacial score (nSPS) is 11.3. The molecule has 0 aliphatic heterocycles. The summed E-state index contributed by atoms with van der Waals surface area (Å²) in [6, 6.07) is 11.9. The summed E-state index contributed by atoms with van der Waals surface area (Å²) in [5.41, 5.74) is 8.11. The largest absolute Gasteiger partial charge is 0.399 e. The molecule has 0 radical (unpaired) electrons. The maximum absolute atomic E-state index is 12.4. The number of methoxy groups -OCH3 is 1. The van der Waals surface area contributed by atoms with Crippen molar-refractivity contribution in [2.45, 2.75) is 18.4 Å². The highest BCUT2D eigenvalue weighted by molar-refractivity contribution is 7.92. The van der Waals surface area contributed by atoms with Crippen LogP contribution in [-0.2, 0) is 21.4 Å². The molecule has 0 heterocycles. The quantitative estimate of drug-likeness (QED) is 0.832. The van der Waals surface area contributed by atoms with Gasteiger partial charge in [-0.1, -0.05) is 18.2 Å². The summed E-state index contributed by atoms with van der Waals surface area (Å²) in [6.07, 6.45) is 0. The molecule has 21 heavy (non-hydrogen) atoms. The van der Waals surface area contributed by atoms with Crippen LogP contribution >= 0.6 is 0 Å². The number of rotatable bonds is 5.